The number of halogens is 2. The van der Waals surface area contributed by atoms with Crippen LogP contribution in [-0.4, -0.2) is 17.1 Å². The first-order chi connectivity index (χ1) is 7.72. The smallest absolute Gasteiger partial charge is 0.186 e. The van der Waals surface area contributed by atoms with Crippen LogP contribution >= 0.6 is 11.6 Å². The second kappa shape index (κ2) is 4.45. The molecule has 16 heavy (non-hydrogen) atoms. The molecule has 2 aromatic rings. The van der Waals surface area contributed by atoms with E-state index in [1.165, 1.54) is 6.33 Å². The molecule has 3 nitrogen and oxygen atoms in total. The first-order valence-electron chi connectivity index (χ1n) is 4.53. The second-order valence-electron chi connectivity index (χ2n) is 3.06. The van der Waals surface area contributed by atoms with E-state index in [-0.39, 0.29) is 10.8 Å². The molecule has 0 fully saturated rings. The Balaban J connectivity index is 2.54. The number of benzene rings is 1. The van der Waals surface area contributed by atoms with Gasteiger partial charge in [0.25, 0.3) is 0 Å². The molecule has 1 aromatic carbocycles. The Morgan fingerprint density at radius 1 is 1.31 bits per heavy atom. The highest BCUT2D eigenvalue weighted by molar-refractivity contribution is 6.29. The molecule has 0 saturated heterocycles. The molecule has 0 aliphatic rings. The minimum atomic E-state index is -0.627. The molecule has 1 aromatic heterocycles. The number of ether oxygens (including phenoxy) is 1. The van der Waals surface area contributed by atoms with E-state index in [2.05, 4.69) is 9.97 Å². The van der Waals surface area contributed by atoms with Crippen molar-refractivity contribution in [2.75, 3.05) is 7.11 Å². The van der Waals surface area contributed by atoms with Crippen LogP contribution in [0.4, 0.5) is 4.39 Å². The SMILES string of the molecule is COc1cccc(-c2ncnc(Cl)c2F)c1. The van der Waals surface area contributed by atoms with Gasteiger partial charge in [-0.1, -0.05) is 23.7 Å². The highest BCUT2D eigenvalue weighted by Crippen LogP contribution is 2.26. The molecule has 0 bridgehead atoms. The highest BCUT2D eigenvalue weighted by Gasteiger charge is 2.11. The minimum Gasteiger partial charge on any atom is -0.497 e. The van der Waals surface area contributed by atoms with Gasteiger partial charge in [-0.3, -0.25) is 0 Å². The summed E-state index contributed by atoms with van der Waals surface area (Å²) in [5, 5.41) is -0.187. The highest BCUT2D eigenvalue weighted by atomic mass is 35.5. The number of nitrogens with zero attached hydrogens (tertiary/aromatic N) is 2. The average molecular weight is 239 g/mol. The summed E-state index contributed by atoms with van der Waals surface area (Å²) in [6, 6.07) is 6.93. The molecule has 0 aliphatic carbocycles. The molecular weight excluding hydrogens is 231 g/mol. The quantitative estimate of drug-likeness (QED) is 0.755. The zero-order valence-electron chi connectivity index (χ0n) is 8.45. The molecule has 1 heterocycles. The lowest BCUT2D eigenvalue weighted by atomic mass is 10.1. The van der Waals surface area contributed by atoms with Crippen LogP contribution in [0.15, 0.2) is 30.6 Å². The van der Waals surface area contributed by atoms with Crippen molar-refractivity contribution < 1.29 is 9.13 Å². The molecule has 0 unspecified atom stereocenters. The van der Waals surface area contributed by atoms with Gasteiger partial charge in [-0.15, -0.1) is 0 Å². The molecular formula is C11H8ClFN2O. The van der Waals surface area contributed by atoms with Crippen molar-refractivity contribution >= 4 is 11.6 Å². The van der Waals surface area contributed by atoms with Gasteiger partial charge in [-0.25, -0.2) is 14.4 Å². The predicted molar refractivity (Wildman–Crippen MR) is 59.0 cm³/mol. The summed E-state index contributed by atoms with van der Waals surface area (Å²) in [4.78, 5) is 7.41. The maximum Gasteiger partial charge on any atom is 0.186 e. The first-order valence-corrected chi connectivity index (χ1v) is 4.90. The summed E-state index contributed by atoms with van der Waals surface area (Å²) < 4.78 is 18.7. The number of methoxy groups -OCH3 is 1. The van der Waals surface area contributed by atoms with E-state index in [0.29, 0.717) is 11.3 Å². The van der Waals surface area contributed by atoms with Crippen LogP contribution in [-0.2, 0) is 0 Å². The van der Waals surface area contributed by atoms with Gasteiger partial charge in [0, 0.05) is 5.56 Å². The van der Waals surface area contributed by atoms with Crippen molar-refractivity contribution in [2.45, 2.75) is 0 Å². The lowest BCUT2D eigenvalue weighted by molar-refractivity contribution is 0.415. The fraction of sp³-hybridized carbons (Fsp3) is 0.0909. The molecule has 0 radical (unpaired) electrons. The van der Waals surface area contributed by atoms with Crippen LogP contribution in [0.2, 0.25) is 5.15 Å². The third-order valence-corrected chi connectivity index (χ3v) is 2.35. The van der Waals surface area contributed by atoms with Gasteiger partial charge in [0.1, 0.15) is 17.8 Å². The summed E-state index contributed by atoms with van der Waals surface area (Å²) >= 11 is 5.58. The topological polar surface area (TPSA) is 35.0 Å². The molecule has 0 saturated carbocycles. The largest absolute Gasteiger partial charge is 0.497 e. The fourth-order valence-corrected chi connectivity index (χ4v) is 1.45. The number of rotatable bonds is 2. The molecule has 0 atom stereocenters. The van der Waals surface area contributed by atoms with E-state index in [4.69, 9.17) is 16.3 Å². The number of hydrogen-bond donors (Lipinski definition) is 0. The van der Waals surface area contributed by atoms with Crippen LogP contribution in [0.1, 0.15) is 0 Å². The van der Waals surface area contributed by atoms with E-state index in [9.17, 15) is 4.39 Å². The third kappa shape index (κ3) is 1.97. The summed E-state index contributed by atoms with van der Waals surface area (Å²) in [5.41, 5.74) is 0.764. The zero-order chi connectivity index (χ0) is 11.5. The van der Waals surface area contributed by atoms with Crippen molar-refractivity contribution in [2.24, 2.45) is 0 Å². The molecule has 82 valence electrons. The molecule has 0 spiro atoms. The van der Waals surface area contributed by atoms with Crippen LogP contribution < -0.4 is 4.74 Å². The van der Waals surface area contributed by atoms with E-state index in [0.717, 1.165) is 0 Å². The van der Waals surface area contributed by atoms with Crippen molar-refractivity contribution in [3.05, 3.63) is 41.6 Å². The molecule has 5 heteroatoms. The maximum atomic E-state index is 13.6. The van der Waals surface area contributed by atoms with Gasteiger partial charge in [0.2, 0.25) is 0 Å². The fourth-order valence-electron chi connectivity index (χ4n) is 1.32. The van der Waals surface area contributed by atoms with Gasteiger partial charge < -0.3 is 4.74 Å². The molecule has 0 N–H and O–H groups in total. The van der Waals surface area contributed by atoms with Crippen molar-refractivity contribution in [1.82, 2.24) is 9.97 Å². The van der Waals surface area contributed by atoms with Gasteiger partial charge in [-0.05, 0) is 12.1 Å². The zero-order valence-corrected chi connectivity index (χ0v) is 9.20. The van der Waals surface area contributed by atoms with E-state index in [1.54, 1.807) is 31.4 Å². The number of hydrogen-bond acceptors (Lipinski definition) is 3. The summed E-state index contributed by atoms with van der Waals surface area (Å²) in [7, 11) is 1.54. The lowest BCUT2D eigenvalue weighted by Gasteiger charge is -2.05. The summed E-state index contributed by atoms with van der Waals surface area (Å²) in [6.45, 7) is 0. The lowest BCUT2D eigenvalue weighted by Crippen LogP contribution is -1.93. The van der Waals surface area contributed by atoms with Crippen LogP contribution in [0, 0.1) is 5.82 Å². The second-order valence-corrected chi connectivity index (χ2v) is 3.42. The Bertz CT molecular complexity index is 519. The minimum absolute atomic E-state index is 0.166. The molecule has 2 rings (SSSR count). The monoisotopic (exact) mass is 238 g/mol. The van der Waals surface area contributed by atoms with Crippen molar-refractivity contribution in [3.8, 4) is 17.0 Å². The Morgan fingerprint density at radius 2 is 2.12 bits per heavy atom. The standard InChI is InChI=1S/C11H8ClFN2O/c1-16-8-4-2-3-7(5-8)10-9(13)11(12)15-6-14-10/h2-6H,1H3. The predicted octanol–water partition coefficient (Wildman–Crippen LogP) is 2.94. The number of aromatic nitrogens is 2. The third-order valence-electron chi connectivity index (χ3n) is 2.09. The average Bonchev–Trinajstić information content (AvgIpc) is 2.33. The molecule has 0 aliphatic heterocycles. The van der Waals surface area contributed by atoms with Crippen LogP contribution in [0.25, 0.3) is 11.3 Å². The van der Waals surface area contributed by atoms with Gasteiger partial charge in [0.15, 0.2) is 11.0 Å². The summed E-state index contributed by atoms with van der Waals surface area (Å²) in [5.74, 6) is 0.00375. The maximum absolute atomic E-state index is 13.6. The van der Waals surface area contributed by atoms with Crippen LogP contribution in [0.5, 0.6) is 5.75 Å². The van der Waals surface area contributed by atoms with E-state index < -0.39 is 5.82 Å². The Hall–Kier alpha value is -1.68. The first kappa shape index (κ1) is 10.8. The Morgan fingerprint density at radius 3 is 2.88 bits per heavy atom. The van der Waals surface area contributed by atoms with Crippen molar-refractivity contribution in [3.63, 3.8) is 0 Å². The Labute approximate surface area is 96.9 Å². The van der Waals surface area contributed by atoms with Gasteiger partial charge in [-0.2, -0.15) is 0 Å². The van der Waals surface area contributed by atoms with Gasteiger partial charge >= 0.3 is 0 Å². The van der Waals surface area contributed by atoms with Crippen molar-refractivity contribution in [1.29, 1.82) is 0 Å². The van der Waals surface area contributed by atoms with Gasteiger partial charge in [0.05, 0.1) is 7.11 Å². The van der Waals surface area contributed by atoms with Crippen LogP contribution in [0.3, 0.4) is 0 Å². The molecule has 0 amide bonds. The van der Waals surface area contributed by atoms with E-state index in [1.807, 2.05) is 0 Å². The summed E-state index contributed by atoms with van der Waals surface area (Å²) in [6.07, 6.45) is 1.22. The normalized spacial score (nSPS) is 10.2. The Kier molecular flexibility index (Phi) is 3.01. The van der Waals surface area contributed by atoms with E-state index >= 15 is 0 Å².